The van der Waals surface area contributed by atoms with Gasteiger partial charge >= 0.3 is 0 Å². The molecule has 0 aromatic carbocycles. The zero-order valence-corrected chi connectivity index (χ0v) is 18.8. The van der Waals surface area contributed by atoms with Gasteiger partial charge in [-0.05, 0) is 44.4 Å². The van der Waals surface area contributed by atoms with E-state index in [4.69, 9.17) is 4.98 Å². The van der Waals surface area contributed by atoms with Crippen LogP contribution in [0.3, 0.4) is 0 Å². The number of nitrogens with zero attached hydrogens (tertiary/aromatic N) is 1. The lowest BCUT2D eigenvalue weighted by molar-refractivity contribution is -0.144. The Bertz CT molecular complexity index is 764. The molecule has 1 saturated carbocycles. The summed E-state index contributed by atoms with van der Waals surface area (Å²) in [5, 5.41) is 28.2. The minimum atomic E-state index is -0.587. The summed E-state index contributed by atoms with van der Waals surface area (Å²) < 4.78 is 0. The van der Waals surface area contributed by atoms with E-state index in [0.717, 1.165) is 28.5 Å². The molecule has 2 aliphatic rings. The maximum Gasteiger partial charge on any atom is 0.220 e. The number of rotatable bonds is 7. The van der Waals surface area contributed by atoms with Gasteiger partial charge in [0.1, 0.15) is 0 Å². The van der Waals surface area contributed by atoms with Crippen LogP contribution in [0.1, 0.15) is 63.4 Å². The molecule has 1 amide bonds. The number of thiazole rings is 1. The van der Waals surface area contributed by atoms with Crippen molar-refractivity contribution >= 4 is 22.4 Å². The SMILES string of the molecule is C=CCNc1nc2c(s1)CC1C(C)(CO)C(O)CCC1(C)C2CC(=O)NC(C)C. The zero-order valence-electron chi connectivity index (χ0n) is 18.0. The van der Waals surface area contributed by atoms with Crippen LogP contribution in [0.4, 0.5) is 5.13 Å². The molecule has 4 N–H and O–H groups in total. The van der Waals surface area contributed by atoms with Crippen LogP contribution < -0.4 is 10.6 Å². The van der Waals surface area contributed by atoms with E-state index in [2.05, 4.69) is 24.1 Å². The third-order valence-electron chi connectivity index (χ3n) is 7.13. The van der Waals surface area contributed by atoms with E-state index in [1.807, 2.05) is 20.8 Å². The van der Waals surface area contributed by atoms with Crippen molar-refractivity contribution < 1.29 is 15.0 Å². The summed E-state index contributed by atoms with van der Waals surface area (Å²) in [7, 11) is 0. The Morgan fingerprint density at radius 1 is 1.45 bits per heavy atom. The van der Waals surface area contributed by atoms with Crippen molar-refractivity contribution in [3.05, 3.63) is 23.2 Å². The van der Waals surface area contributed by atoms with Crippen molar-refractivity contribution in [2.24, 2.45) is 16.7 Å². The van der Waals surface area contributed by atoms with Crippen molar-refractivity contribution in [3.8, 4) is 0 Å². The number of anilines is 1. The van der Waals surface area contributed by atoms with Gasteiger partial charge in [0.05, 0.1) is 18.4 Å². The van der Waals surface area contributed by atoms with Crippen LogP contribution in [0.25, 0.3) is 0 Å². The number of hydrogen-bond acceptors (Lipinski definition) is 6. The van der Waals surface area contributed by atoms with E-state index in [9.17, 15) is 15.0 Å². The monoisotopic (exact) mass is 421 g/mol. The van der Waals surface area contributed by atoms with E-state index in [1.165, 1.54) is 0 Å². The highest BCUT2D eigenvalue weighted by Crippen LogP contribution is 2.62. The Morgan fingerprint density at radius 3 is 2.79 bits per heavy atom. The number of amides is 1. The van der Waals surface area contributed by atoms with Gasteiger partial charge in [-0.3, -0.25) is 4.79 Å². The largest absolute Gasteiger partial charge is 0.396 e. The maximum atomic E-state index is 12.8. The number of aliphatic hydroxyl groups excluding tert-OH is 2. The van der Waals surface area contributed by atoms with E-state index < -0.39 is 11.5 Å². The molecule has 3 rings (SSSR count). The summed E-state index contributed by atoms with van der Waals surface area (Å²) in [5.41, 5.74) is 0.216. The molecule has 5 unspecified atom stereocenters. The van der Waals surface area contributed by atoms with Crippen molar-refractivity contribution in [2.75, 3.05) is 18.5 Å². The van der Waals surface area contributed by atoms with Crippen LogP contribution in [-0.2, 0) is 11.2 Å². The molecular weight excluding hydrogens is 386 g/mol. The minimum Gasteiger partial charge on any atom is -0.396 e. The van der Waals surface area contributed by atoms with Crippen LogP contribution >= 0.6 is 11.3 Å². The number of carbonyl (C=O) groups excluding carboxylic acids is 1. The normalized spacial score (nSPS) is 33.7. The molecule has 0 saturated heterocycles. The standard InChI is InChI=1S/C22H35N3O3S/c1-6-9-23-20-25-19-14(10-18(28)24-13(2)3)21(4)8-7-17(27)22(5,12-26)16(21)11-15(19)29-20/h6,13-14,16-17,26-27H,1,7-12H2,2-5H3,(H,23,25)(H,24,28). The minimum absolute atomic E-state index is 0.0308. The van der Waals surface area contributed by atoms with Crippen molar-refractivity contribution in [3.63, 3.8) is 0 Å². The van der Waals surface area contributed by atoms with Crippen LogP contribution in [-0.4, -0.2) is 46.4 Å². The van der Waals surface area contributed by atoms with Gasteiger partial charge in [0.2, 0.25) is 5.91 Å². The predicted molar refractivity (Wildman–Crippen MR) is 117 cm³/mol. The second kappa shape index (κ2) is 8.36. The van der Waals surface area contributed by atoms with Crippen molar-refractivity contribution in [2.45, 2.75) is 71.4 Å². The average Bonchev–Trinajstić information content (AvgIpc) is 3.07. The summed E-state index contributed by atoms with van der Waals surface area (Å²) in [4.78, 5) is 18.8. The zero-order chi connectivity index (χ0) is 21.4. The molecule has 0 aliphatic heterocycles. The molecule has 7 heteroatoms. The van der Waals surface area contributed by atoms with E-state index >= 15 is 0 Å². The molecule has 0 bridgehead atoms. The molecule has 5 atom stereocenters. The highest BCUT2D eigenvalue weighted by molar-refractivity contribution is 7.15. The molecular formula is C22H35N3O3S. The Morgan fingerprint density at radius 2 is 2.17 bits per heavy atom. The quantitative estimate of drug-likeness (QED) is 0.508. The first-order valence-corrected chi connectivity index (χ1v) is 11.4. The topological polar surface area (TPSA) is 94.5 Å². The highest BCUT2D eigenvalue weighted by atomic mass is 32.1. The van der Waals surface area contributed by atoms with Gasteiger partial charge in [0, 0.05) is 35.2 Å². The summed E-state index contributed by atoms with van der Waals surface area (Å²) in [6, 6.07) is 0.0882. The lowest BCUT2D eigenvalue weighted by Crippen LogP contribution is -2.57. The van der Waals surface area contributed by atoms with Crippen LogP contribution in [0.5, 0.6) is 0 Å². The fourth-order valence-electron chi connectivity index (χ4n) is 5.45. The third kappa shape index (κ3) is 3.97. The number of aliphatic hydroxyl groups is 2. The number of aromatic nitrogens is 1. The molecule has 29 heavy (non-hydrogen) atoms. The number of carbonyl (C=O) groups is 1. The molecule has 0 radical (unpaired) electrons. The first-order valence-electron chi connectivity index (χ1n) is 10.6. The fraction of sp³-hybridized carbons (Fsp3) is 0.727. The smallest absolute Gasteiger partial charge is 0.220 e. The molecule has 6 nitrogen and oxygen atoms in total. The Kier molecular flexibility index (Phi) is 6.41. The Labute approximate surface area is 177 Å². The van der Waals surface area contributed by atoms with Gasteiger partial charge in [-0.25, -0.2) is 4.98 Å². The second-order valence-corrected chi connectivity index (χ2v) is 10.5. The van der Waals surface area contributed by atoms with Crippen molar-refractivity contribution in [1.82, 2.24) is 10.3 Å². The van der Waals surface area contributed by atoms with Crippen LogP contribution in [0.2, 0.25) is 0 Å². The summed E-state index contributed by atoms with van der Waals surface area (Å²) in [6.07, 6.45) is 3.86. The van der Waals surface area contributed by atoms with Gasteiger partial charge in [-0.15, -0.1) is 17.9 Å². The van der Waals surface area contributed by atoms with E-state index in [1.54, 1.807) is 17.4 Å². The second-order valence-electron chi connectivity index (χ2n) is 9.46. The number of fused-ring (bicyclic) bond motifs is 2. The molecule has 0 spiro atoms. The van der Waals surface area contributed by atoms with Gasteiger partial charge < -0.3 is 20.8 Å². The third-order valence-corrected chi connectivity index (χ3v) is 8.18. The van der Waals surface area contributed by atoms with Gasteiger partial charge in [0.25, 0.3) is 0 Å². The molecule has 162 valence electrons. The lowest BCUT2D eigenvalue weighted by atomic mass is 9.47. The first-order chi connectivity index (χ1) is 13.7. The first kappa shape index (κ1) is 22.2. The summed E-state index contributed by atoms with van der Waals surface area (Å²) in [5.74, 6) is 0.0768. The Balaban J connectivity index is 2.04. The van der Waals surface area contributed by atoms with Crippen LogP contribution in [0, 0.1) is 16.7 Å². The van der Waals surface area contributed by atoms with E-state index in [0.29, 0.717) is 19.4 Å². The average molecular weight is 422 g/mol. The molecule has 1 heterocycles. The lowest BCUT2D eigenvalue weighted by Gasteiger charge is -2.58. The van der Waals surface area contributed by atoms with Crippen molar-refractivity contribution in [1.29, 1.82) is 0 Å². The summed E-state index contributed by atoms with van der Waals surface area (Å²) in [6.45, 7) is 12.5. The fourth-order valence-corrected chi connectivity index (χ4v) is 6.52. The van der Waals surface area contributed by atoms with Gasteiger partial charge in [-0.2, -0.15) is 0 Å². The number of hydrogen-bond donors (Lipinski definition) is 4. The van der Waals surface area contributed by atoms with Crippen LogP contribution in [0.15, 0.2) is 12.7 Å². The van der Waals surface area contributed by atoms with E-state index in [-0.39, 0.29) is 35.8 Å². The highest BCUT2D eigenvalue weighted by Gasteiger charge is 2.59. The predicted octanol–water partition coefficient (Wildman–Crippen LogP) is 3.07. The van der Waals surface area contributed by atoms with Gasteiger partial charge in [-0.1, -0.05) is 19.9 Å². The molecule has 2 aliphatic carbocycles. The Hall–Kier alpha value is -1.44. The maximum absolute atomic E-state index is 12.8. The molecule has 1 fully saturated rings. The number of nitrogens with one attached hydrogen (secondary N) is 2. The summed E-state index contributed by atoms with van der Waals surface area (Å²) >= 11 is 1.62. The molecule has 1 aromatic rings. The van der Waals surface area contributed by atoms with Gasteiger partial charge in [0.15, 0.2) is 5.13 Å². The molecule has 1 aromatic heterocycles.